The third kappa shape index (κ3) is 5.34. The van der Waals surface area contributed by atoms with Crippen LogP contribution in [0.2, 0.25) is 0 Å². The van der Waals surface area contributed by atoms with Crippen LogP contribution in [0.1, 0.15) is 37.4 Å². The van der Waals surface area contributed by atoms with Gasteiger partial charge in [0.1, 0.15) is 24.2 Å². The fraction of sp³-hybridized carbons (Fsp3) is 0.450. The van der Waals surface area contributed by atoms with Crippen molar-refractivity contribution in [3.8, 4) is 5.75 Å². The van der Waals surface area contributed by atoms with E-state index < -0.39 is 5.91 Å². The average Bonchev–Trinajstić information content (AvgIpc) is 3.16. The maximum absolute atomic E-state index is 11.0. The highest BCUT2D eigenvalue weighted by Crippen LogP contribution is 2.32. The first-order valence-corrected chi connectivity index (χ1v) is 9.18. The van der Waals surface area contributed by atoms with Gasteiger partial charge in [0.05, 0.1) is 0 Å². The van der Waals surface area contributed by atoms with Crippen LogP contribution in [0, 0.1) is 0 Å². The molecule has 140 valence electrons. The number of carbonyl (C=O) groups excluding carboxylic acids is 1. The van der Waals surface area contributed by atoms with Gasteiger partial charge in [0.25, 0.3) is 5.91 Å². The van der Waals surface area contributed by atoms with Gasteiger partial charge in [-0.2, -0.15) is 0 Å². The van der Waals surface area contributed by atoms with Crippen molar-refractivity contribution in [1.82, 2.24) is 10.4 Å². The molecule has 3 rings (SSSR count). The highest BCUT2D eigenvalue weighted by atomic mass is 16.5. The Labute approximate surface area is 154 Å². The number of piperidine rings is 1. The Morgan fingerprint density at radius 1 is 1.35 bits per heavy atom. The van der Waals surface area contributed by atoms with Crippen LogP contribution in [0.5, 0.6) is 5.75 Å². The van der Waals surface area contributed by atoms with Crippen LogP contribution in [0.25, 0.3) is 0 Å². The van der Waals surface area contributed by atoms with E-state index in [1.807, 2.05) is 30.3 Å². The van der Waals surface area contributed by atoms with Crippen molar-refractivity contribution in [2.75, 3.05) is 26.2 Å². The number of hydrogen-bond acceptors (Lipinski definition) is 5. The summed E-state index contributed by atoms with van der Waals surface area (Å²) in [5, 5.41) is 8.50. The van der Waals surface area contributed by atoms with Gasteiger partial charge < -0.3 is 9.47 Å². The van der Waals surface area contributed by atoms with Gasteiger partial charge in [0.15, 0.2) is 0 Å². The molecule has 0 radical (unpaired) electrons. The number of hydrogen-bond donors (Lipinski definition) is 2. The van der Waals surface area contributed by atoms with E-state index in [0.29, 0.717) is 12.4 Å². The Morgan fingerprint density at radius 3 is 3.00 bits per heavy atom. The molecule has 0 bridgehead atoms. The third-order valence-corrected chi connectivity index (χ3v) is 4.68. The molecule has 26 heavy (non-hydrogen) atoms. The van der Waals surface area contributed by atoms with Crippen LogP contribution in [0.3, 0.4) is 0 Å². The van der Waals surface area contributed by atoms with Gasteiger partial charge in [0, 0.05) is 19.0 Å². The van der Waals surface area contributed by atoms with E-state index in [9.17, 15) is 4.79 Å². The van der Waals surface area contributed by atoms with Gasteiger partial charge in [-0.3, -0.25) is 14.9 Å². The number of hydroxylamine groups is 1. The fourth-order valence-electron chi connectivity index (χ4n) is 3.27. The SMILES string of the molecule is O=C(/C=C/C1=CCC(c2cccc(OCCN3CCCCC3)c2)O1)NO. The van der Waals surface area contributed by atoms with E-state index in [2.05, 4.69) is 4.90 Å². The second-order valence-electron chi connectivity index (χ2n) is 6.58. The minimum Gasteiger partial charge on any atom is -0.492 e. The molecule has 1 atom stereocenters. The lowest BCUT2D eigenvalue weighted by atomic mass is 10.1. The molecule has 0 aliphatic carbocycles. The maximum atomic E-state index is 11.0. The molecule has 1 aromatic rings. The second-order valence-corrected chi connectivity index (χ2v) is 6.58. The van der Waals surface area contributed by atoms with Crippen molar-refractivity contribution in [1.29, 1.82) is 0 Å². The minimum atomic E-state index is -0.581. The predicted octanol–water partition coefficient (Wildman–Crippen LogP) is 2.96. The number of benzene rings is 1. The molecule has 2 aliphatic heterocycles. The highest BCUT2D eigenvalue weighted by Gasteiger charge is 2.19. The van der Waals surface area contributed by atoms with Crippen molar-refractivity contribution >= 4 is 5.91 Å². The summed E-state index contributed by atoms with van der Waals surface area (Å²) in [6.45, 7) is 4.01. The fourth-order valence-corrected chi connectivity index (χ4v) is 3.27. The van der Waals surface area contributed by atoms with Crippen LogP contribution in [-0.4, -0.2) is 42.3 Å². The van der Waals surface area contributed by atoms with Gasteiger partial charge in [-0.25, -0.2) is 5.48 Å². The van der Waals surface area contributed by atoms with Crippen LogP contribution in [-0.2, 0) is 9.53 Å². The topological polar surface area (TPSA) is 71.0 Å². The molecular formula is C20H26N2O4. The zero-order chi connectivity index (χ0) is 18.2. The monoisotopic (exact) mass is 358 g/mol. The Kier molecular flexibility index (Phi) is 6.68. The van der Waals surface area contributed by atoms with E-state index in [1.54, 1.807) is 11.6 Å². The minimum absolute atomic E-state index is 0.0857. The number of nitrogens with one attached hydrogen (secondary N) is 1. The van der Waals surface area contributed by atoms with Crippen LogP contribution in [0.4, 0.5) is 0 Å². The maximum Gasteiger partial charge on any atom is 0.267 e. The molecule has 0 spiro atoms. The van der Waals surface area contributed by atoms with Crippen molar-refractivity contribution < 1.29 is 19.5 Å². The first-order chi connectivity index (χ1) is 12.7. The largest absolute Gasteiger partial charge is 0.492 e. The molecule has 2 N–H and O–H groups in total. The summed E-state index contributed by atoms with van der Waals surface area (Å²) in [5.74, 6) is 0.892. The predicted molar refractivity (Wildman–Crippen MR) is 97.8 cm³/mol. The van der Waals surface area contributed by atoms with E-state index in [1.165, 1.54) is 38.4 Å². The van der Waals surface area contributed by atoms with E-state index >= 15 is 0 Å². The summed E-state index contributed by atoms with van der Waals surface area (Å²) in [6, 6.07) is 7.97. The summed E-state index contributed by atoms with van der Waals surface area (Å²) < 4.78 is 11.8. The first-order valence-electron chi connectivity index (χ1n) is 9.18. The smallest absolute Gasteiger partial charge is 0.267 e. The third-order valence-electron chi connectivity index (χ3n) is 4.68. The van der Waals surface area contributed by atoms with E-state index in [0.717, 1.165) is 24.3 Å². The molecule has 1 aromatic carbocycles. The lowest BCUT2D eigenvalue weighted by Crippen LogP contribution is -2.33. The number of rotatable bonds is 7. The molecule has 6 nitrogen and oxygen atoms in total. The Morgan fingerprint density at radius 2 is 2.19 bits per heavy atom. The summed E-state index contributed by atoms with van der Waals surface area (Å²) in [4.78, 5) is 13.5. The number of likely N-dealkylation sites (tertiary alicyclic amines) is 1. The zero-order valence-electron chi connectivity index (χ0n) is 14.9. The van der Waals surface area contributed by atoms with Crippen molar-refractivity contribution in [3.63, 3.8) is 0 Å². The summed E-state index contributed by atoms with van der Waals surface area (Å²) in [6.07, 6.45) is 9.27. The highest BCUT2D eigenvalue weighted by molar-refractivity contribution is 5.86. The standard InChI is InChI=1S/C20H26N2O4/c23-20(21-24)10-8-17-7-9-19(26-17)16-5-4-6-18(15-16)25-14-13-22-11-2-1-3-12-22/h4-8,10,15,19,24H,1-3,9,11-14H2,(H,21,23)/b10-8+. The quantitative estimate of drug-likeness (QED) is 0.445. The molecule has 1 amide bonds. The summed E-state index contributed by atoms with van der Waals surface area (Å²) >= 11 is 0. The van der Waals surface area contributed by atoms with Crippen LogP contribution in [0.15, 0.2) is 48.3 Å². The van der Waals surface area contributed by atoms with Gasteiger partial charge in [-0.05, 0) is 55.8 Å². The number of allylic oxidation sites excluding steroid dienone is 1. The number of ether oxygens (including phenoxy) is 2. The van der Waals surface area contributed by atoms with Crippen molar-refractivity contribution in [2.24, 2.45) is 0 Å². The zero-order valence-corrected chi connectivity index (χ0v) is 14.9. The molecule has 0 aromatic heterocycles. The lowest BCUT2D eigenvalue weighted by molar-refractivity contribution is -0.124. The van der Waals surface area contributed by atoms with Gasteiger partial charge >= 0.3 is 0 Å². The molecule has 1 saturated heterocycles. The van der Waals surface area contributed by atoms with Crippen molar-refractivity contribution in [3.05, 3.63) is 53.8 Å². The van der Waals surface area contributed by atoms with Crippen LogP contribution < -0.4 is 10.2 Å². The molecular weight excluding hydrogens is 332 g/mol. The molecule has 1 fully saturated rings. The van der Waals surface area contributed by atoms with Gasteiger partial charge in [0.2, 0.25) is 0 Å². The first kappa shape index (κ1) is 18.5. The van der Waals surface area contributed by atoms with E-state index in [-0.39, 0.29) is 6.10 Å². The molecule has 2 aliphatic rings. The van der Waals surface area contributed by atoms with Crippen LogP contribution >= 0.6 is 0 Å². The van der Waals surface area contributed by atoms with E-state index in [4.69, 9.17) is 14.7 Å². The second kappa shape index (κ2) is 9.40. The molecule has 2 heterocycles. The number of carbonyl (C=O) groups is 1. The number of nitrogens with zero attached hydrogens (tertiary/aromatic N) is 1. The Balaban J connectivity index is 1.48. The van der Waals surface area contributed by atoms with Crippen molar-refractivity contribution in [2.45, 2.75) is 31.8 Å². The van der Waals surface area contributed by atoms with Gasteiger partial charge in [-0.1, -0.05) is 18.6 Å². The normalized spacial score (nSPS) is 20.7. The Bertz CT molecular complexity index is 666. The molecule has 0 saturated carbocycles. The molecule has 1 unspecified atom stereocenters. The van der Waals surface area contributed by atoms with Gasteiger partial charge in [-0.15, -0.1) is 0 Å². The summed E-state index contributed by atoms with van der Waals surface area (Å²) in [7, 11) is 0. The lowest BCUT2D eigenvalue weighted by Gasteiger charge is -2.26. The summed E-state index contributed by atoms with van der Waals surface area (Å²) in [5.41, 5.74) is 2.60. The average molecular weight is 358 g/mol. The molecule has 6 heteroatoms. The Hall–Kier alpha value is -2.31. The number of amides is 1.